The number of allylic oxidation sites excluding steroid dienone is 1. The van der Waals surface area contributed by atoms with E-state index in [0.717, 1.165) is 6.42 Å². The summed E-state index contributed by atoms with van der Waals surface area (Å²) in [6, 6.07) is 13.6. The Hall–Kier alpha value is -2.92. The van der Waals surface area contributed by atoms with Gasteiger partial charge in [-0.15, -0.1) is 0 Å². The van der Waals surface area contributed by atoms with Gasteiger partial charge in [0.15, 0.2) is 5.78 Å². The maximum Gasteiger partial charge on any atom is 0.335 e. The van der Waals surface area contributed by atoms with Gasteiger partial charge in [0.2, 0.25) is 6.29 Å². The van der Waals surface area contributed by atoms with Crippen molar-refractivity contribution in [1.82, 2.24) is 0 Å². The Bertz CT molecular complexity index is 899. The molecule has 0 saturated heterocycles. The molecule has 0 amide bonds. The lowest BCUT2D eigenvalue weighted by Gasteiger charge is -2.10. The van der Waals surface area contributed by atoms with E-state index in [1.165, 1.54) is 100 Å². The lowest BCUT2D eigenvalue weighted by atomic mass is 10.0. The lowest BCUT2D eigenvalue weighted by molar-refractivity contribution is 0.0246. The number of aliphatic hydroxyl groups is 1. The highest BCUT2D eigenvalue weighted by Gasteiger charge is 2.07. The molecule has 35 heavy (non-hydrogen) atoms. The summed E-state index contributed by atoms with van der Waals surface area (Å²) in [7, 11) is 0. The van der Waals surface area contributed by atoms with Gasteiger partial charge in [-0.25, -0.2) is 4.79 Å². The molecule has 0 spiro atoms. The fourth-order valence-corrected chi connectivity index (χ4v) is 3.94. The highest BCUT2D eigenvalue weighted by molar-refractivity contribution is 5.98. The van der Waals surface area contributed by atoms with Crippen LogP contribution in [0.25, 0.3) is 0 Å². The molecule has 0 bridgehead atoms. The van der Waals surface area contributed by atoms with E-state index in [1.54, 1.807) is 6.08 Å². The lowest BCUT2D eigenvalue weighted by Crippen LogP contribution is -2.12. The zero-order valence-corrected chi connectivity index (χ0v) is 21.0. The molecule has 0 aromatic heterocycles. The smallest absolute Gasteiger partial charge is 0.335 e. The molecule has 190 valence electrons. The van der Waals surface area contributed by atoms with Crippen LogP contribution in [0, 0.1) is 0 Å². The van der Waals surface area contributed by atoms with Crippen molar-refractivity contribution >= 4 is 11.8 Å². The molecule has 2 aromatic rings. The van der Waals surface area contributed by atoms with Crippen LogP contribution in [0.15, 0.2) is 60.7 Å². The molecule has 2 aromatic carbocycles. The van der Waals surface area contributed by atoms with Gasteiger partial charge in [-0.2, -0.15) is 0 Å². The SMILES string of the molecule is CCCCCCCCCCCCc1ccc(OC(O)C=CCC(=O)c2ccc(C(=O)O)cc2)cc1. The van der Waals surface area contributed by atoms with Gasteiger partial charge in [-0.3, -0.25) is 4.79 Å². The number of carboxylic acids is 1. The molecule has 0 saturated carbocycles. The highest BCUT2D eigenvalue weighted by atomic mass is 16.6. The van der Waals surface area contributed by atoms with Crippen LogP contribution in [0.2, 0.25) is 0 Å². The van der Waals surface area contributed by atoms with Crippen molar-refractivity contribution in [3.05, 3.63) is 77.4 Å². The number of benzene rings is 2. The van der Waals surface area contributed by atoms with Gasteiger partial charge in [-0.1, -0.05) is 95.1 Å². The third-order valence-electron chi connectivity index (χ3n) is 6.06. The van der Waals surface area contributed by atoms with Gasteiger partial charge in [-0.05, 0) is 48.7 Å². The summed E-state index contributed by atoms with van der Waals surface area (Å²) < 4.78 is 5.50. The largest absolute Gasteiger partial charge is 0.478 e. The molecule has 0 fully saturated rings. The Morgan fingerprint density at radius 2 is 1.34 bits per heavy atom. The molecule has 5 heteroatoms. The molecule has 0 heterocycles. The molecule has 1 unspecified atom stereocenters. The van der Waals surface area contributed by atoms with Gasteiger partial charge in [0.25, 0.3) is 0 Å². The van der Waals surface area contributed by atoms with Crippen LogP contribution < -0.4 is 4.74 Å². The Kier molecular flexibility index (Phi) is 13.5. The number of ether oxygens (including phenoxy) is 1. The van der Waals surface area contributed by atoms with Crippen LogP contribution >= 0.6 is 0 Å². The van der Waals surface area contributed by atoms with Gasteiger partial charge >= 0.3 is 5.97 Å². The van der Waals surface area contributed by atoms with E-state index in [-0.39, 0.29) is 17.8 Å². The number of hydrogen-bond donors (Lipinski definition) is 2. The fraction of sp³-hybridized carbons (Fsp3) is 0.467. The molecule has 5 nitrogen and oxygen atoms in total. The number of carbonyl (C=O) groups is 2. The maximum absolute atomic E-state index is 12.2. The number of hydrogen-bond acceptors (Lipinski definition) is 4. The molecule has 0 aliphatic carbocycles. The average Bonchev–Trinajstić information content (AvgIpc) is 2.86. The summed E-state index contributed by atoms with van der Waals surface area (Å²) >= 11 is 0. The second-order valence-electron chi connectivity index (χ2n) is 9.02. The fourth-order valence-electron chi connectivity index (χ4n) is 3.94. The summed E-state index contributed by atoms with van der Waals surface area (Å²) in [5, 5.41) is 19.0. The van der Waals surface area contributed by atoms with Crippen LogP contribution in [0.4, 0.5) is 0 Å². The van der Waals surface area contributed by atoms with Crippen LogP contribution in [-0.4, -0.2) is 28.3 Å². The Morgan fingerprint density at radius 3 is 1.91 bits per heavy atom. The van der Waals surface area contributed by atoms with E-state index >= 15 is 0 Å². The normalized spacial score (nSPS) is 12.1. The summed E-state index contributed by atoms with van der Waals surface area (Å²) in [6.45, 7) is 2.25. The molecule has 0 aliphatic rings. The summed E-state index contributed by atoms with van der Waals surface area (Å²) in [4.78, 5) is 23.1. The first-order chi connectivity index (χ1) is 17.0. The Balaban J connectivity index is 1.61. The molecular weight excluding hydrogens is 440 g/mol. The third kappa shape index (κ3) is 11.9. The molecule has 0 radical (unpaired) electrons. The molecule has 2 rings (SSSR count). The summed E-state index contributed by atoms with van der Waals surface area (Å²) in [5.41, 5.74) is 1.82. The van der Waals surface area contributed by atoms with Crippen molar-refractivity contribution in [2.75, 3.05) is 0 Å². The number of aromatic carboxylic acids is 1. The first kappa shape index (κ1) is 28.3. The Morgan fingerprint density at radius 1 is 0.800 bits per heavy atom. The van der Waals surface area contributed by atoms with Gasteiger partial charge in [0, 0.05) is 12.0 Å². The number of aryl methyl sites for hydroxylation is 1. The van der Waals surface area contributed by atoms with Crippen molar-refractivity contribution in [3.8, 4) is 5.75 Å². The minimum absolute atomic E-state index is 0.0879. The maximum atomic E-state index is 12.2. The van der Waals surface area contributed by atoms with Gasteiger partial charge in [0.05, 0.1) is 5.56 Å². The predicted molar refractivity (Wildman–Crippen MR) is 140 cm³/mol. The second-order valence-corrected chi connectivity index (χ2v) is 9.02. The topological polar surface area (TPSA) is 83.8 Å². The van der Waals surface area contributed by atoms with E-state index in [1.807, 2.05) is 24.3 Å². The van der Waals surface area contributed by atoms with Crippen LogP contribution in [-0.2, 0) is 6.42 Å². The number of carboxylic acid groups (broad SMARTS) is 1. The second kappa shape index (κ2) is 16.7. The number of carbonyl (C=O) groups excluding carboxylic acids is 1. The van der Waals surface area contributed by atoms with E-state index in [4.69, 9.17) is 9.84 Å². The van der Waals surface area contributed by atoms with Crippen molar-refractivity contribution in [1.29, 1.82) is 0 Å². The minimum Gasteiger partial charge on any atom is -0.478 e. The number of rotatable bonds is 18. The molecule has 0 aliphatic heterocycles. The van der Waals surface area contributed by atoms with E-state index in [2.05, 4.69) is 6.92 Å². The van der Waals surface area contributed by atoms with Crippen molar-refractivity contribution in [2.45, 2.75) is 90.3 Å². The Labute approximate surface area is 209 Å². The summed E-state index contributed by atoms with van der Waals surface area (Å²) in [5.74, 6) is -0.623. The standard InChI is InChI=1S/C30H40O5/c1-2-3-4-5-6-7-8-9-10-11-13-24-16-22-27(23-17-24)35-29(32)15-12-14-28(31)25-18-20-26(21-19-25)30(33)34/h12,15-23,29,32H,2-11,13-14H2,1H3,(H,33,34). The first-order valence-electron chi connectivity index (χ1n) is 13.0. The molecular formula is C30H40O5. The number of Topliss-reactive ketones (excluding diaryl/α,β-unsaturated/α-hetero) is 1. The van der Waals surface area contributed by atoms with Crippen LogP contribution in [0.5, 0.6) is 5.75 Å². The zero-order valence-electron chi connectivity index (χ0n) is 21.0. The van der Waals surface area contributed by atoms with E-state index < -0.39 is 12.3 Å². The van der Waals surface area contributed by atoms with Crippen molar-refractivity contribution < 1.29 is 24.5 Å². The summed E-state index contributed by atoms with van der Waals surface area (Å²) in [6.07, 6.45) is 16.3. The predicted octanol–water partition coefficient (Wildman–Crippen LogP) is 7.37. The van der Waals surface area contributed by atoms with E-state index in [0.29, 0.717) is 11.3 Å². The zero-order chi connectivity index (χ0) is 25.3. The first-order valence-corrected chi connectivity index (χ1v) is 13.0. The quantitative estimate of drug-likeness (QED) is 0.101. The van der Waals surface area contributed by atoms with Gasteiger partial charge < -0.3 is 14.9 Å². The monoisotopic (exact) mass is 480 g/mol. The number of unbranched alkanes of at least 4 members (excludes halogenated alkanes) is 9. The molecule has 1 atom stereocenters. The number of ketones is 1. The van der Waals surface area contributed by atoms with Crippen molar-refractivity contribution in [2.24, 2.45) is 0 Å². The van der Waals surface area contributed by atoms with Crippen LogP contribution in [0.1, 0.15) is 104 Å². The highest BCUT2D eigenvalue weighted by Crippen LogP contribution is 2.17. The van der Waals surface area contributed by atoms with E-state index in [9.17, 15) is 14.7 Å². The van der Waals surface area contributed by atoms with Gasteiger partial charge in [0.1, 0.15) is 5.75 Å². The minimum atomic E-state index is -1.15. The molecule has 2 N–H and O–H groups in total. The van der Waals surface area contributed by atoms with Crippen LogP contribution in [0.3, 0.4) is 0 Å². The number of aliphatic hydroxyl groups excluding tert-OH is 1. The van der Waals surface area contributed by atoms with Crippen molar-refractivity contribution in [3.63, 3.8) is 0 Å². The third-order valence-corrected chi connectivity index (χ3v) is 6.06. The average molecular weight is 481 g/mol.